The number of amidine groups is 1. The van der Waals surface area contributed by atoms with Gasteiger partial charge in [-0.25, -0.2) is 4.79 Å². The molecular weight excluding hydrogens is 370 g/mol. The average Bonchev–Trinajstić information content (AvgIpc) is 3.01. The van der Waals surface area contributed by atoms with Gasteiger partial charge < -0.3 is 14.2 Å². The quantitative estimate of drug-likeness (QED) is 0.240. The molecule has 0 spiro atoms. The fraction of sp³-hybridized carbons (Fsp3) is 0.333. The fourth-order valence-corrected chi connectivity index (χ4v) is 2.74. The molecule has 2 rings (SSSR count). The van der Waals surface area contributed by atoms with Crippen LogP contribution in [0.4, 0.5) is 0 Å². The number of benzene rings is 1. The number of methoxy groups -OCH3 is 2. The summed E-state index contributed by atoms with van der Waals surface area (Å²) in [7, 11) is 2.81. The van der Waals surface area contributed by atoms with Crippen molar-refractivity contribution >= 4 is 35.0 Å². The molecule has 1 aromatic carbocycles. The first kappa shape index (κ1) is 20.5. The van der Waals surface area contributed by atoms with E-state index in [0.29, 0.717) is 18.1 Å². The first-order valence-electron chi connectivity index (χ1n) is 8.28. The van der Waals surface area contributed by atoms with Gasteiger partial charge in [0.1, 0.15) is 0 Å². The summed E-state index contributed by atoms with van der Waals surface area (Å²) in [4.78, 5) is 23.1. The smallest absolute Gasteiger partial charge is 0.331 e. The van der Waals surface area contributed by atoms with E-state index in [-0.39, 0.29) is 10.1 Å². The summed E-state index contributed by atoms with van der Waals surface area (Å²) >= 11 is 1.01. The second kappa shape index (κ2) is 10.4. The summed E-state index contributed by atoms with van der Waals surface area (Å²) < 4.78 is 15.5. The number of ether oxygens (including phenoxy) is 3. The first-order chi connectivity index (χ1) is 13.1. The average molecular weight is 391 g/mol. The third kappa shape index (κ3) is 6.14. The van der Waals surface area contributed by atoms with Gasteiger partial charge in [-0.15, -0.1) is 5.10 Å². The number of hydrogen-bond donors (Lipinski definition) is 1. The zero-order valence-corrected chi connectivity index (χ0v) is 16.2. The van der Waals surface area contributed by atoms with Crippen molar-refractivity contribution < 1.29 is 23.8 Å². The highest BCUT2D eigenvalue weighted by molar-refractivity contribution is 8.18. The molecule has 0 aliphatic carbocycles. The third-order valence-corrected chi connectivity index (χ3v) is 4.30. The topological polar surface area (TPSA) is 98.6 Å². The maximum atomic E-state index is 11.7. The lowest BCUT2D eigenvalue weighted by molar-refractivity contribution is -0.135. The summed E-state index contributed by atoms with van der Waals surface area (Å²) in [6.45, 7) is 2.73. The van der Waals surface area contributed by atoms with Crippen molar-refractivity contribution in [2.45, 2.75) is 19.8 Å². The van der Waals surface area contributed by atoms with Gasteiger partial charge in [0, 0.05) is 6.08 Å². The van der Waals surface area contributed by atoms with Crippen molar-refractivity contribution in [1.29, 1.82) is 0 Å². The number of nitrogens with one attached hydrogen (secondary N) is 1. The molecule has 9 heteroatoms. The summed E-state index contributed by atoms with van der Waals surface area (Å²) in [5.41, 5.74) is 0.763. The molecule has 1 aliphatic rings. The van der Waals surface area contributed by atoms with Crippen LogP contribution >= 0.6 is 11.8 Å². The minimum atomic E-state index is -0.606. The van der Waals surface area contributed by atoms with Crippen LogP contribution in [-0.2, 0) is 14.3 Å². The highest BCUT2D eigenvalue weighted by Gasteiger charge is 2.24. The van der Waals surface area contributed by atoms with E-state index in [1.807, 2.05) is 12.1 Å². The SMILES string of the molecule is CCCCOc1ccc(C=N/N=C2/NC(=O)/C(=C\C(=O)OC)S2)cc1OC. The third-order valence-electron chi connectivity index (χ3n) is 3.40. The lowest BCUT2D eigenvalue weighted by Gasteiger charge is -2.10. The zero-order valence-electron chi connectivity index (χ0n) is 15.4. The summed E-state index contributed by atoms with van der Waals surface area (Å²) in [6, 6.07) is 5.43. The van der Waals surface area contributed by atoms with Crippen molar-refractivity contribution in [2.24, 2.45) is 10.2 Å². The number of unbranched alkanes of at least 4 members (excludes halogenated alkanes) is 1. The number of carbonyl (C=O) groups excluding carboxylic acids is 2. The maximum Gasteiger partial charge on any atom is 0.331 e. The molecule has 0 bridgehead atoms. The lowest BCUT2D eigenvalue weighted by atomic mass is 10.2. The van der Waals surface area contributed by atoms with Crippen LogP contribution in [0.2, 0.25) is 0 Å². The Morgan fingerprint density at radius 3 is 2.81 bits per heavy atom. The Kier molecular flexibility index (Phi) is 7.87. The van der Waals surface area contributed by atoms with Crippen LogP contribution in [0.25, 0.3) is 0 Å². The molecular formula is C18H21N3O5S. The Hall–Kier alpha value is -2.81. The molecule has 8 nitrogen and oxygen atoms in total. The maximum absolute atomic E-state index is 11.7. The molecule has 0 aromatic heterocycles. The molecule has 1 N–H and O–H groups in total. The van der Waals surface area contributed by atoms with E-state index in [4.69, 9.17) is 9.47 Å². The van der Waals surface area contributed by atoms with Gasteiger partial charge in [0.05, 0.1) is 31.9 Å². The predicted molar refractivity (Wildman–Crippen MR) is 104 cm³/mol. The lowest BCUT2D eigenvalue weighted by Crippen LogP contribution is -2.19. The van der Waals surface area contributed by atoms with Gasteiger partial charge >= 0.3 is 5.97 Å². The highest BCUT2D eigenvalue weighted by Crippen LogP contribution is 2.28. The van der Waals surface area contributed by atoms with E-state index < -0.39 is 11.9 Å². The van der Waals surface area contributed by atoms with Crippen LogP contribution in [-0.4, -0.2) is 44.1 Å². The van der Waals surface area contributed by atoms with Crippen molar-refractivity contribution in [3.05, 3.63) is 34.7 Å². The number of carbonyl (C=O) groups is 2. The van der Waals surface area contributed by atoms with Gasteiger partial charge in [0.2, 0.25) is 0 Å². The molecule has 1 fully saturated rings. The predicted octanol–water partition coefficient (Wildman–Crippen LogP) is 2.48. The summed E-state index contributed by atoms with van der Waals surface area (Å²) in [5, 5.41) is 10.7. The molecule has 0 atom stereocenters. The van der Waals surface area contributed by atoms with Gasteiger partial charge in [-0.1, -0.05) is 13.3 Å². The minimum Gasteiger partial charge on any atom is -0.493 e. The van der Waals surface area contributed by atoms with Gasteiger partial charge in [-0.2, -0.15) is 5.10 Å². The van der Waals surface area contributed by atoms with Crippen LogP contribution in [0.1, 0.15) is 25.3 Å². The number of hydrogen-bond acceptors (Lipinski definition) is 8. The Bertz CT molecular complexity index is 789. The molecule has 0 saturated carbocycles. The summed E-state index contributed by atoms with van der Waals surface area (Å²) in [5.74, 6) is 0.250. The monoisotopic (exact) mass is 391 g/mol. The largest absolute Gasteiger partial charge is 0.493 e. The summed E-state index contributed by atoms with van der Waals surface area (Å²) in [6.07, 6.45) is 4.66. The van der Waals surface area contributed by atoms with E-state index in [0.717, 1.165) is 36.2 Å². The van der Waals surface area contributed by atoms with Crippen molar-refractivity contribution in [3.63, 3.8) is 0 Å². The zero-order chi connectivity index (χ0) is 19.6. The van der Waals surface area contributed by atoms with Crippen LogP contribution in [0.5, 0.6) is 11.5 Å². The van der Waals surface area contributed by atoms with Gasteiger partial charge in [0.25, 0.3) is 5.91 Å². The van der Waals surface area contributed by atoms with Crippen molar-refractivity contribution in [1.82, 2.24) is 5.32 Å². The van der Waals surface area contributed by atoms with Crippen molar-refractivity contribution in [2.75, 3.05) is 20.8 Å². The van der Waals surface area contributed by atoms with Crippen LogP contribution in [0, 0.1) is 0 Å². The molecule has 0 radical (unpaired) electrons. The van der Waals surface area contributed by atoms with Gasteiger partial charge in [-0.3, -0.25) is 10.1 Å². The normalized spacial score (nSPS) is 16.8. The number of thioether (sulfide) groups is 1. The van der Waals surface area contributed by atoms with E-state index in [1.54, 1.807) is 13.2 Å². The Morgan fingerprint density at radius 1 is 1.30 bits per heavy atom. The Morgan fingerprint density at radius 2 is 2.11 bits per heavy atom. The first-order valence-corrected chi connectivity index (χ1v) is 9.09. The molecule has 144 valence electrons. The van der Waals surface area contributed by atoms with Crippen molar-refractivity contribution in [3.8, 4) is 11.5 Å². The molecule has 1 heterocycles. The fourth-order valence-electron chi connectivity index (χ4n) is 2.00. The van der Waals surface area contributed by atoms with Crippen LogP contribution in [0.15, 0.2) is 39.4 Å². The molecule has 1 saturated heterocycles. The Balaban J connectivity index is 2.03. The second-order valence-electron chi connectivity index (χ2n) is 5.35. The van der Waals surface area contributed by atoms with E-state index in [2.05, 4.69) is 27.2 Å². The highest BCUT2D eigenvalue weighted by atomic mass is 32.2. The van der Waals surface area contributed by atoms with Crippen LogP contribution < -0.4 is 14.8 Å². The van der Waals surface area contributed by atoms with E-state index >= 15 is 0 Å². The van der Waals surface area contributed by atoms with Gasteiger partial charge in [0.15, 0.2) is 16.7 Å². The van der Waals surface area contributed by atoms with Gasteiger partial charge in [-0.05, 0) is 41.9 Å². The second-order valence-corrected chi connectivity index (χ2v) is 6.38. The molecule has 1 amide bonds. The van der Waals surface area contributed by atoms with Crippen LogP contribution in [0.3, 0.4) is 0 Å². The van der Waals surface area contributed by atoms with E-state index in [9.17, 15) is 9.59 Å². The molecule has 0 unspecified atom stereocenters. The number of nitrogens with zero attached hydrogens (tertiary/aromatic N) is 2. The molecule has 1 aromatic rings. The van der Waals surface area contributed by atoms with E-state index in [1.165, 1.54) is 13.3 Å². The number of amides is 1. The number of rotatable bonds is 8. The minimum absolute atomic E-state index is 0.200. The Labute approximate surface area is 161 Å². The molecule has 1 aliphatic heterocycles. The standard InChI is InChI=1S/C18H21N3O5S/c1-4-5-8-26-13-7-6-12(9-14(13)24-2)11-19-21-18-20-17(23)15(27-18)10-16(22)25-3/h6-7,9-11H,4-5,8H2,1-3H3,(H,20,21,23)/b15-10+,19-11?. The number of esters is 1. The molecule has 27 heavy (non-hydrogen) atoms.